The van der Waals surface area contributed by atoms with Crippen LogP contribution in [0.4, 0.5) is 0 Å². The van der Waals surface area contributed by atoms with Crippen LogP contribution < -0.4 is 10.1 Å². The van der Waals surface area contributed by atoms with Crippen molar-refractivity contribution in [1.29, 1.82) is 0 Å². The summed E-state index contributed by atoms with van der Waals surface area (Å²) in [6, 6.07) is 10.2. The molecule has 1 amide bonds. The maximum Gasteiger partial charge on any atom is 0.261 e. The maximum atomic E-state index is 12.7. The van der Waals surface area contributed by atoms with E-state index in [4.69, 9.17) is 27.9 Å². The number of carbonyl (C=O) groups is 1. The van der Waals surface area contributed by atoms with Crippen molar-refractivity contribution in [2.24, 2.45) is 5.92 Å². The van der Waals surface area contributed by atoms with E-state index in [1.165, 1.54) is 0 Å². The first-order valence-electron chi connectivity index (χ1n) is 8.58. The zero-order valence-electron chi connectivity index (χ0n) is 15.2. The van der Waals surface area contributed by atoms with Gasteiger partial charge in [0.05, 0.1) is 11.1 Å². The van der Waals surface area contributed by atoms with E-state index >= 15 is 0 Å². The molecule has 0 spiro atoms. The van der Waals surface area contributed by atoms with Crippen molar-refractivity contribution in [3.8, 4) is 5.75 Å². The Bertz CT molecular complexity index is 958. The van der Waals surface area contributed by atoms with Crippen molar-refractivity contribution < 1.29 is 9.53 Å². The third-order valence-electron chi connectivity index (χ3n) is 4.15. The molecule has 0 saturated carbocycles. The molecule has 1 aromatic carbocycles. The number of pyridine rings is 1. The van der Waals surface area contributed by atoms with Crippen molar-refractivity contribution in [2.75, 3.05) is 0 Å². The standard InChI is InChI=1S/C19H20Cl2N4O2/c1-11(2)17(18-24-23-16-6-4-5-9-25(16)18)22-19(26)12(3)27-15-8-7-13(20)10-14(15)21/h4-12,17H,1-3H3,(H,22,26)/t12?,17-/m0/s1. The molecule has 6 nitrogen and oxygen atoms in total. The van der Waals surface area contributed by atoms with Crippen LogP contribution in [-0.4, -0.2) is 26.6 Å². The third-order valence-corrected chi connectivity index (χ3v) is 4.68. The normalized spacial score (nSPS) is 13.6. The molecule has 142 valence electrons. The molecule has 0 saturated heterocycles. The number of amides is 1. The van der Waals surface area contributed by atoms with Gasteiger partial charge in [-0.3, -0.25) is 9.20 Å². The highest BCUT2D eigenvalue weighted by Crippen LogP contribution is 2.28. The zero-order valence-corrected chi connectivity index (χ0v) is 16.7. The highest BCUT2D eigenvalue weighted by Gasteiger charge is 2.26. The van der Waals surface area contributed by atoms with Crippen LogP contribution in [0.15, 0.2) is 42.6 Å². The van der Waals surface area contributed by atoms with E-state index in [1.54, 1.807) is 25.1 Å². The molecule has 3 aromatic rings. The molecule has 1 unspecified atom stereocenters. The monoisotopic (exact) mass is 406 g/mol. The van der Waals surface area contributed by atoms with Gasteiger partial charge in [0.1, 0.15) is 5.75 Å². The van der Waals surface area contributed by atoms with Gasteiger partial charge in [-0.05, 0) is 43.2 Å². The number of hydrogen-bond donors (Lipinski definition) is 1. The van der Waals surface area contributed by atoms with Gasteiger partial charge in [-0.2, -0.15) is 0 Å². The number of rotatable bonds is 6. The van der Waals surface area contributed by atoms with Gasteiger partial charge >= 0.3 is 0 Å². The molecule has 0 radical (unpaired) electrons. The Morgan fingerprint density at radius 1 is 1.15 bits per heavy atom. The van der Waals surface area contributed by atoms with E-state index in [0.717, 1.165) is 5.65 Å². The van der Waals surface area contributed by atoms with E-state index in [-0.39, 0.29) is 17.9 Å². The fourth-order valence-corrected chi connectivity index (χ4v) is 3.14. The summed E-state index contributed by atoms with van der Waals surface area (Å²) in [5.74, 6) is 0.906. The number of benzene rings is 1. The van der Waals surface area contributed by atoms with Crippen LogP contribution in [0.5, 0.6) is 5.75 Å². The zero-order chi connectivity index (χ0) is 19.6. The number of hydrogen-bond acceptors (Lipinski definition) is 4. The molecular weight excluding hydrogens is 387 g/mol. The molecular formula is C19H20Cl2N4O2. The summed E-state index contributed by atoms with van der Waals surface area (Å²) in [6.07, 6.45) is 1.13. The fraction of sp³-hybridized carbons (Fsp3) is 0.316. The Balaban J connectivity index is 1.77. The Kier molecular flexibility index (Phi) is 5.87. The summed E-state index contributed by atoms with van der Waals surface area (Å²) in [5, 5.41) is 12.3. The second-order valence-corrected chi connectivity index (χ2v) is 7.40. The number of aromatic nitrogens is 3. The minimum Gasteiger partial charge on any atom is -0.479 e. The lowest BCUT2D eigenvalue weighted by atomic mass is 10.0. The molecule has 27 heavy (non-hydrogen) atoms. The summed E-state index contributed by atoms with van der Waals surface area (Å²) in [4.78, 5) is 12.7. The predicted octanol–water partition coefficient (Wildman–Crippen LogP) is 4.32. The van der Waals surface area contributed by atoms with Crippen LogP contribution in [0.1, 0.15) is 32.6 Å². The molecule has 2 atom stereocenters. The lowest BCUT2D eigenvalue weighted by Crippen LogP contribution is -2.41. The van der Waals surface area contributed by atoms with Gasteiger partial charge in [0, 0.05) is 11.2 Å². The predicted molar refractivity (Wildman–Crippen MR) is 105 cm³/mol. The first kappa shape index (κ1) is 19.5. The van der Waals surface area contributed by atoms with Crippen LogP contribution >= 0.6 is 23.2 Å². The molecule has 0 aliphatic carbocycles. The Morgan fingerprint density at radius 3 is 2.63 bits per heavy atom. The number of nitrogens with zero attached hydrogens (tertiary/aromatic N) is 3. The summed E-state index contributed by atoms with van der Waals surface area (Å²) >= 11 is 12.0. The van der Waals surface area contributed by atoms with E-state index in [0.29, 0.717) is 21.6 Å². The van der Waals surface area contributed by atoms with Crippen molar-refractivity contribution in [3.63, 3.8) is 0 Å². The number of halogens is 2. The molecule has 1 N–H and O–H groups in total. The van der Waals surface area contributed by atoms with Crippen molar-refractivity contribution in [2.45, 2.75) is 32.9 Å². The van der Waals surface area contributed by atoms with Crippen LogP contribution in [0.3, 0.4) is 0 Å². The van der Waals surface area contributed by atoms with Crippen LogP contribution in [0.25, 0.3) is 5.65 Å². The van der Waals surface area contributed by atoms with Crippen molar-refractivity contribution >= 4 is 34.8 Å². The number of nitrogens with one attached hydrogen (secondary N) is 1. The topological polar surface area (TPSA) is 68.5 Å². The Labute approximate surface area is 167 Å². The van der Waals surface area contributed by atoms with E-state index in [1.807, 2.05) is 42.6 Å². The maximum absolute atomic E-state index is 12.7. The summed E-state index contributed by atoms with van der Waals surface area (Å²) in [7, 11) is 0. The fourth-order valence-electron chi connectivity index (χ4n) is 2.69. The molecule has 8 heteroatoms. The quantitative estimate of drug-likeness (QED) is 0.661. The first-order chi connectivity index (χ1) is 12.9. The van der Waals surface area contributed by atoms with E-state index < -0.39 is 6.10 Å². The molecule has 3 rings (SSSR count). The molecule has 0 aliphatic heterocycles. The van der Waals surface area contributed by atoms with Crippen molar-refractivity contribution in [1.82, 2.24) is 19.9 Å². The largest absolute Gasteiger partial charge is 0.479 e. The minimum atomic E-state index is -0.746. The number of carbonyl (C=O) groups excluding carboxylic acids is 1. The van der Waals surface area contributed by atoms with E-state index in [2.05, 4.69) is 15.5 Å². The second kappa shape index (κ2) is 8.15. The minimum absolute atomic E-state index is 0.105. The SMILES string of the molecule is CC(Oc1ccc(Cl)cc1Cl)C(=O)N[C@H](c1nnc2ccccn12)C(C)C. The third kappa shape index (κ3) is 4.34. The number of ether oxygens (including phenoxy) is 1. The van der Waals surface area contributed by atoms with Crippen LogP contribution in [-0.2, 0) is 4.79 Å². The lowest BCUT2D eigenvalue weighted by molar-refractivity contribution is -0.128. The lowest BCUT2D eigenvalue weighted by Gasteiger charge is -2.23. The highest BCUT2D eigenvalue weighted by atomic mass is 35.5. The molecule has 0 fully saturated rings. The average molecular weight is 407 g/mol. The molecule has 0 bridgehead atoms. The molecule has 2 heterocycles. The molecule has 2 aromatic heterocycles. The van der Waals surface area contributed by atoms with Crippen LogP contribution in [0, 0.1) is 5.92 Å². The summed E-state index contributed by atoms with van der Waals surface area (Å²) in [5.41, 5.74) is 0.727. The van der Waals surface area contributed by atoms with Gasteiger partial charge in [-0.1, -0.05) is 43.1 Å². The van der Waals surface area contributed by atoms with Gasteiger partial charge in [0.2, 0.25) is 0 Å². The summed E-state index contributed by atoms with van der Waals surface area (Å²) < 4.78 is 7.57. The highest BCUT2D eigenvalue weighted by molar-refractivity contribution is 6.35. The number of fused-ring (bicyclic) bond motifs is 1. The van der Waals surface area contributed by atoms with Gasteiger partial charge in [-0.15, -0.1) is 10.2 Å². The molecule has 0 aliphatic rings. The average Bonchev–Trinajstić information content (AvgIpc) is 3.05. The van der Waals surface area contributed by atoms with Gasteiger partial charge in [0.25, 0.3) is 5.91 Å². The van der Waals surface area contributed by atoms with Gasteiger partial charge in [-0.25, -0.2) is 0 Å². The van der Waals surface area contributed by atoms with Crippen molar-refractivity contribution in [3.05, 3.63) is 58.5 Å². The second-order valence-electron chi connectivity index (χ2n) is 6.55. The Morgan fingerprint density at radius 2 is 1.93 bits per heavy atom. The Hall–Kier alpha value is -2.31. The smallest absolute Gasteiger partial charge is 0.261 e. The van der Waals surface area contributed by atoms with E-state index in [9.17, 15) is 4.79 Å². The van der Waals surface area contributed by atoms with Gasteiger partial charge in [0.15, 0.2) is 17.6 Å². The van der Waals surface area contributed by atoms with Crippen LogP contribution in [0.2, 0.25) is 10.0 Å². The van der Waals surface area contributed by atoms with Gasteiger partial charge < -0.3 is 10.1 Å². The first-order valence-corrected chi connectivity index (χ1v) is 9.34. The summed E-state index contributed by atoms with van der Waals surface area (Å²) in [6.45, 7) is 5.69.